The fourth-order valence-corrected chi connectivity index (χ4v) is 2.01. The third kappa shape index (κ3) is 3.55. The zero-order valence-electron chi connectivity index (χ0n) is 11.7. The topological polar surface area (TPSA) is 94.3 Å². The van der Waals surface area contributed by atoms with Crippen molar-refractivity contribution in [1.82, 2.24) is 15.5 Å². The molecule has 2 heterocycles. The number of hydrogen-bond acceptors (Lipinski definition) is 6. The van der Waals surface area contributed by atoms with Crippen LogP contribution in [0.2, 0.25) is 0 Å². The van der Waals surface area contributed by atoms with E-state index >= 15 is 0 Å². The Morgan fingerprint density at radius 3 is 3.05 bits per heavy atom. The lowest BCUT2D eigenvalue weighted by Crippen LogP contribution is -2.39. The highest BCUT2D eigenvalue weighted by Crippen LogP contribution is 2.20. The zero-order chi connectivity index (χ0) is 14.5. The molecule has 0 bridgehead atoms. The van der Waals surface area contributed by atoms with Gasteiger partial charge in [-0.15, -0.1) is 0 Å². The Hall–Kier alpha value is -1.92. The van der Waals surface area contributed by atoms with Gasteiger partial charge in [-0.05, 0) is 19.8 Å². The molecule has 7 heteroatoms. The minimum atomic E-state index is -0.571. The van der Waals surface area contributed by atoms with E-state index in [0.717, 1.165) is 12.8 Å². The van der Waals surface area contributed by atoms with E-state index in [-0.39, 0.29) is 17.8 Å². The average molecular weight is 281 g/mol. The molecule has 0 aromatic carbocycles. The number of esters is 1. The number of aryl methyl sites for hydroxylation is 1. The summed E-state index contributed by atoms with van der Waals surface area (Å²) in [7, 11) is 0. The van der Waals surface area contributed by atoms with Crippen LogP contribution in [0.3, 0.4) is 0 Å². The molecule has 0 saturated carbocycles. The summed E-state index contributed by atoms with van der Waals surface area (Å²) >= 11 is 0. The quantitative estimate of drug-likeness (QED) is 0.814. The van der Waals surface area contributed by atoms with Gasteiger partial charge in [0.25, 0.3) is 5.89 Å². The van der Waals surface area contributed by atoms with Crippen molar-refractivity contribution in [2.45, 2.75) is 45.6 Å². The first-order valence-corrected chi connectivity index (χ1v) is 6.89. The van der Waals surface area contributed by atoms with Gasteiger partial charge in [-0.2, -0.15) is 4.98 Å². The molecule has 0 aliphatic carbocycles. The summed E-state index contributed by atoms with van der Waals surface area (Å²) in [6.45, 7) is 4.05. The van der Waals surface area contributed by atoms with Crippen LogP contribution < -0.4 is 5.32 Å². The van der Waals surface area contributed by atoms with Gasteiger partial charge in [0, 0.05) is 19.4 Å². The number of rotatable bonds is 5. The maximum absolute atomic E-state index is 12.0. The predicted molar refractivity (Wildman–Crippen MR) is 68.5 cm³/mol. The number of carbonyl (C=O) groups is 2. The second kappa shape index (κ2) is 6.49. The van der Waals surface area contributed by atoms with Crippen LogP contribution >= 0.6 is 0 Å². The van der Waals surface area contributed by atoms with Crippen LogP contribution in [0.25, 0.3) is 0 Å². The highest BCUT2D eigenvalue weighted by molar-refractivity contribution is 5.81. The van der Waals surface area contributed by atoms with E-state index in [2.05, 4.69) is 15.5 Å². The van der Waals surface area contributed by atoms with Crippen molar-refractivity contribution in [2.24, 2.45) is 5.92 Å². The second-order valence-corrected chi connectivity index (χ2v) is 4.92. The van der Waals surface area contributed by atoms with Crippen LogP contribution in [0, 0.1) is 5.92 Å². The van der Waals surface area contributed by atoms with E-state index < -0.39 is 6.10 Å². The third-order valence-corrected chi connectivity index (χ3v) is 3.20. The highest BCUT2D eigenvalue weighted by atomic mass is 16.6. The Morgan fingerprint density at radius 2 is 2.40 bits per heavy atom. The number of nitrogens with one attached hydrogen (secondary N) is 1. The number of nitrogens with zero attached hydrogens (tertiary/aromatic N) is 2. The van der Waals surface area contributed by atoms with Crippen molar-refractivity contribution < 1.29 is 18.8 Å². The summed E-state index contributed by atoms with van der Waals surface area (Å²) in [6, 6.07) is 0. The molecule has 2 atom stereocenters. The monoisotopic (exact) mass is 281 g/mol. The van der Waals surface area contributed by atoms with E-state index in [0.29, 0.717) is 31.1 Å². The number of hydrogen-bond donors (Lipinski definition) is 1. The Kier molecular flexibility index (Phi) is 4.70. The Morgan fingerprint density at radius 1 is 1.60 bits per heavy atom. The molecule has 1 amide bonds. The first kappa shape index (κ1) is 14.5. The SMILES string of the molecule is CCCc1noc([C@H](C)OC(=O)[C@H]2CCC(=O)NC2)n1. The molecule has 7 nitrogen and oxygen atoms in total. The lowest BCUT2D eigenvalue weighted by atomic mass is 9.99. The maximum atomic E-state index is 12.0. The van der Waals surface area contributed by atoms with Crippen LogP contribution in [0.5, 0.6) is 0 Å². The zero-order valence-corrected chi connectivity index (χ0v) is 11.7. The number of carbonyl (C=O) groups excluding carboxylic acids is 2. The van der Waals surface area contributed by atoms with Crippen molar-refractivity contribution in [2.75, 3.05) is 6.54 Å². The molecule has 0 radical (unpaired) electrons. The largest absolute Gasteiger partial charge is 0.452 e. The molecule has 110 valence electrons. The molecule has 1 N–H and O–H groups in total. The van der Waals surface area contributed by atoms with Gasteiger partial charge in [0.05, 0.1) is 5.92 Å². The Labute approximate surface area is 117 Å². The van der Waals surface area contributed by atoms with Crippen molar-refractivity contribution in [1.29, 1.82) is 0 Å². The smallest absolute Gasteiger partial charge is 0.311 e. The fourth-order valence-electron chi connectivity index (χ4n) is 2.01. The highest BCUT2D eigenvalue weighted by Gasteiger charge is 2.28. The summed E-state index contributed by atoms with van der Waals surface area (Å²) in [5.41, 5.74) is 0. The van der Waals surface area contributed by atoms with E-state index in [1.807, 2.05) is 6.92 Å². The number of piperidine rings is 1. The standard InChI is InChI=1S/C13H19N3O4/c1-3-4-10-15-12(20-16-10)8(2)19-13(18)9-5-6-11(17)14-7-9/h8-9H,3-7H2,1-2H3,(H,14,17)/t8-,9-/m0/s1. The van der Waals surface area contributed by atoms with Gasteiger partial charge in [-0.1, -0.05) is 12.1 Å². The molecular formula is C13H19N3O4. The molecule has 1 aliphatic heterocycles. The van der Waals surface area contributed by atoms with Crippen LogP contribution in [0.1, 0.15) is 50.9 Å². The molecule has 1 aromatic rings. The van der Waals surface area contributed by atoms with Gasteiger partial charge in [0.15, 0.2) is 11.9 Å². The van der Waals surface area contributed by atoms with Crippen molar-refractivity contribution in [3.8, 4) is 0 Å². The molecule has 0 unspecified atom stereocenters. The minimum Gasteiger partial charge on any atom is -0.452 e. The molecular weight excluding hydrogens is 262 g/mol. The summed E-state index contributed by atoms with van der Waals surface area (Å²) in [5, 5.41) is 6.48. The van der Waals surface area contributed by atoms with Gasteiger partial charge in [0.2, 0.25) is 5.91 Å². The lowest BCUT2D eigenvalue weighted by molar-refractivity contribution is -0.155. The lowest BCUT2D eigenvalue weighted by Gasteiger charge is -2.21. The second-order valence-electron chi connectivity index (χ2n) is 4.92. The first-order valence-electron chi connectivity index (χ1n) is 6.89. The summed E-state index contributed by atoms with van der Waals surface area (Å²) in [5.74, 6) is 0.265. The van der Waals surface area contributed by atoms with E-state index in [1.54, 1.807) is 6.92 Å². The number of ether oxygens (including phenoxy) is 1. The molecule has 2 rings (SSSR count). The summed E-state index contributed by atoms with van der Waals surface area (Å²) < 4.78 is 10.4. The van der Waals surface area contributed by atoms with Crippen LogP contribution in [-0.2, 0) is 20.7 Å². The average Bonchev–Trinajstić information content (AvgIpc) is 2.88. The molecule has 0 spiro atoms. The third-order valence-electron chi connectivity index (χ3n) is 3.20. The molecule has 1 aliphatic rings. The van der Waals surface area contributed by atoms with Gasteiger partial charge in [-0.25, -0.2) is 0 Å². The number of amides is 1. The summed E-state index contributed by atoms with van der Waals surface area (Å²) in [6.07, 6.45) is 1.96. The van der Waals surface area contributed by atoms with E-state index in [9.17, 15) is 9.59 Å². The maximum Gasteiger partial charge on any atom is 0.311 e. The Bertz CT molecular complexity index is 476. The van der Waals surface area contributed by atoms with Gasteiger partial charge < -0.3 is 14.6 Å². The van der Waals surface area contributed by atoms with Crippen molar-refractivity contribution >= 4 is 11.9 Å². The predicted octanol–water partition coefficient (Wildman–Crippen LogP) is 1.15. The fraction of sp³-hybridized carbons (Fsp3) is 0.692. The molecule has 1 aromatic heterocycles. The first-order chi connectivity index (χ1) is 9.60. The minimum absolute atomic E-state index is 0.0248. The molecule has 1 fully saturated rings. The van der Waals surface area contributed by atoms with Crippen LogP contribution in [0.15, 0.2) is 4.52 Å². The number of aromatic nitrogens is 2. The molecule has 20 heavy (non-hydrogen) atoms. The van der Waals surface area contributed by atoms with E-state index in [1.165, 1.54) is 0 Å². The van der Waals surface area contributed by atoms with Gasteiger partial charge >= 0.3 is 5.97 Å². The normalized spacial score (nSPS) is 20.3. The summed E-state index contributed by atoms with van der Waals surface area (Å²) in [4.78, 5) is 27.2. The van der Waals surface area contributed by atoms with Crippen molar-refractivity contribution in [3.63, 3.8) is 0 Å². The molecule has 1 saturated heterocycles. The van der Waals surface area contributed by atoms with Crippen molar-refractivity contribution in [3.05, 3.63) is 11.7 Å². The van der Waals surface area contributed by atoms with Crippen LogP contribution in [-0.4, -0.2) is 28.6 Å². The van der Waals surface area contributed by atoms with Gasteiger partial charge in [-0.3, -0.25) is 9.59 Å². The Balaban J connectivity index is 1.88. The van der Waals surface area contributed by atoms with Crippen LogP contribution in [0.4, 0.5) is 0 Å². The van der Waals surface area contributed by atoms with E-state index in [4.69, 9.17) is 9.26 Å². The van der Waals surface area contributed by atoms with Gasteiger partial charge in [0.1, 0.15) is 0 Å².